The summed E-state index contributed by atoms with van der Waals surface area (Å²) in [5.41, 5.74) is 10.5. The van der Waals surface area contributed by atoms with E-state index in [9.17, 15) is 0 Å². The van der Waals surface area contributed by atoms with Gasteiger partial charge in [0.1, 0.15) is 22.8 Å². The molecule has 3 heterocycles. The molecule has 10 rings (SSSR count). The van der Waals surface area contributed by atoms with E-state index < -0.39 is 6.17 Å². The molecule has 5 nitrogen and oxygen atoms in total. The van der Waals surface area contributed by atoms with Gasteiger partial charge in [-0.25, -0.2) is 9.98 Å². The van der Waals surface area contributed by atoms with Gasteiger partial charge in [-0.3, -0.25) is 0 Å². The van der Waals surface area contributed by atoms with E-state index in [1.54, 1.807) is 0 Å². The Morgan fingerprint density at radius 2 is 1.06 bits per heavy atom. The summed E-state index contributed by atoms with van der Waals surface area (Å²) in [7, 11) is 0. The summed E-state index contributed by atoms with van der Waals surface area (Å²) in [6, 6.07) is 59.2. The molecule has 7 aromatic carbocycles. The lowest BCUT2D eigenvalue weighted by Crippen LogP contribution is -2.36. The highest BCUT2D eigenvalue weighted by atomic mass is 16.3. The van der Waals surface area contributed by atoms with Crippen molar-refractivity contribution in [3.8, 4) is 16.8 Å². The molecule has 236 valence electrons. The Labute approximate surface area is 288 Å². The van der Waals surface area contributed by atoms with E-state index in [1.165, 1.54) is 21.8 Å². The summed E-state index contributed by atoms with van der Waals surface area (Å²) in [6.07, 6.45) is -0.434. The quantitative estimate of drug-likeness (QED) is 0.203. The molecule has 0 saturated carbocycles. The molecule has 1 aliphatic rings. The average Bonchev–Trinajstić information content (AvgIpc) is 3.74. The maximum absolute atomic E-state index is 6.23. The molecule has 0 aliphatic carbocycles. The molecule has 0 saturated heterocycles. The Kier molecular flexibility index (Phi) is 6.49. The first-order valence-electron chi connectivity index (χ1n) is 16.9. The zero-order valence-electron chi connectivity index (χ0n) is 27.0. The smallest absolute Gasteiger partial charge is 0.169 e. The van der Waals surface area contributed by atoms with Crippen LogP contribution in [0.3, 0.4) is 0 Å². The monoisotopic (exact) mass is 642 g/mol. The minimum atomic E-state index is -0.434. The van der Waals surface area contributed by atoms with Crippen LogP contribution < -0.4 is 5.32 Å². The number of benzene rings is 7. The third-order valence-electron chi connectivity index (χ3n) is 9.69. The van der Waals surface area contributed by atoms with Gasteiger partial charge in [0.25, 0.3) is 0 Å². The molecule has 1 aliphatic heterocycles. The summed E-state index contributed by atoms with van der Waals surface area (Å²) in [6.45, 7) is 0. The summed E-state index contributed by atoms with van der Waals surface area (Å²) in [5.74, 6) is 1.55. The maximum Gasteiger partial charge on any atom is 0.169 e. The molecule has 9 aromatic rings. The minimum absolute atomic E-state index is 0.434. The topological polar surface area (TPSA) is 54.8 Å². The van der Waals surface area contributed by atoms with Gasteiger partial charge in [0, 0.05) is 38.2 Å². The predicted octanol–water partition coefficient (Wildman–Crippen LogP) is 10.8. The van der Waals surface area contributed by atoms with Crippen LogP contribution in [0.1, 0.15) is 22.9 Å². The van der Waals surface area contributed by atoms with Crippen LogP contribution in [0, 0.1) is 0 Å². The van der Waals surface area contributed by atoms with Crippen molar-refractivity contribution < 1.29 is 4.42 Å². The number of fused-ring (bicyclic) bond motifs is 6. The Bertz CT molecular complexity index is 2730. The number of furan rings is 1. The highest BCUT2D eigenvalue weighted by Crippen LogP contribution is 2.37. The average molecular weight is 643 g/mol. The molecular formula is C45H30N4O. The standard InChI is InChI=1S/C45H30N4O/c1-2-13-30(14-3-1)43-46-44(48-45(47-43)36-19-12-24-41-42(36)35-18-7-11-23-40(35)50-41)31-27-25-29(26-28-31)32-15-4-8-20-37(32)49-38-21-9-5-16-33(38)34-17-6-10-22-39(34)49/h1-28,44H,(H,46,47,48). The third kappa shape index (κ3) is 4.55. The fraction of sp³-hybridized carbons (Fsp3) is 0.0222. The van der Waals surface area contributed by atoms with Crippen LogP contribution in [0.15, 0.2) is 184 Å². The van der Waals surface area contributed by atoms with Gasteiger partial charge in [0.15, 0.2) is 6.17 Å². The largest absolute Gasteiger partial charge is 0.456 e. The fourth-order valence-corrected chi connectivity index (χ4v) is 7.38. The molecule has 1 atom stereocenters. The molecule has 5 heteroatoms. The molecule has 1 unspecified atom stereocenters. The van der Waals surface area contributed by atoms with Crippen molar-refractivity contribution in [2.75, 3.05) is 0 Å². The number of rotatable bonds is 5. The van der Waals surface area contributed by atoms with E-state index >= 15 is 0 Å². The molecule has 0 fully saturated rings. The van der Waals surface area contributed by atoms with E-state index in [0.29, 0.717) is 0 Å². The van der Waals surface area contributed by atoms with E-state index in [-0.39, 0.29) is 0 Å². The number of aliphatic imine (C=N–C) groups is 2. The van der Waals surface area contributed by atoms with E-state index in [1.807, 2.05) is 48.5 Å². The highest BCUT2D eigenvalue weighted by Gasteiger charge is 2.24. The second-order valence-corrected chi connectivity index (χ2v) is 12.6. The van der Waals surface area contributed by atoms with Crippen LogP contribution in [0.4, 0.5) is 0 Å². The second kappa shape index (κ2) is 11.5. The van der Waals surface area contributed by atoms with Crippen LogP contribution in [0.5, 0.6) is 0 Å². The number of hydrogen-bond donors (Lipinski definition) is 1. The molecule has 0 radical (unpaired) electrons. The SMILES string of the molecule is c1ccc(C2=NC(c3ccc(-c4ccccc4-n4c5ccccc5c5ccccc54)cc3)N=C(c3cccc4oc5ccccc5c34)N2)cc1. The van der Waals surface area contributed by atoms with Crippen molar-refractivity contribution in [3.63, 3.8) is 0 Å². The molecular weight excluding hydrogens is 613 g/mol. The lowest BCUT2D eigenvalue weighted by Gasteiger charge is -2.23. The molecule has 2 aromatic heterocycles. The molecule has 50 heavy (non-hydrogen) atoms. The Hall–Kier alpha value is -6.72. The van der Waals surface area contributed by atoms with Gasteiger partial charge in [-0.2, -0.15) is 0 Å². The van der Waals surface area contributed by atoms with Gasteiger partial charge in [-0.05, 0) is 41.5 Å². The van der Waals surface area contributed by atoms with Crippen molar-refractivity contribution in [3.05, 3.63) is 187 Å². The summed E-state index contributed by atoms with van der Waals surface area (Å²) >= 11 is 0. The van der Waals surface area contributed by atoms with E-state index in [4.69, 9.17) is 14.4 Å². The van der Waals surface area contributed by atoms with Crippen LogP contribution in [0.25, 0.3) is 60.6 Å². The summed E-state index contributed by atoms with van der Waals surface area (Å²) in [5, 5.41) is 8.18. The van der Waals surface area contributed by atoms with Crippen molar-refractivity contribution in [1.82, 2.24) is 9.88 Å². The van der Waals surface area contributed by atoms with Crippen LogP contribution in [-0.2, 0) is 0 Å². The molecule has 1 N–H and O–H groups in total. The van der Waals surface area contributed by atoms with E-state index in [0.717, 1.165) is 67.1 Å². The number of para-hydroxylation sites is 4. The maximum atomic E-state index is 6.23. The van der Waals surface area contributed by atoms with Crippen LogP contribution in [0.2, 0.25) is 0 Å². The third-order valence-corrected chi connectivity index (χ3v) is 9.69. The second-order valence-electron chi connectivity index (χ2n) is 12.6. The van der Waals surface area contributed by atoms with Crippen molar-refractivity contribution in [2.45, 2.75) is 6.17 Å². The molecule has 0 bridgehead atoms. The van der Waals surface area contributed by atoms with Gasteiger partial charge < -0.3 is 14.3 Å². The molecule has 0 amide bonds. The van der Waals surface area contributed by atoms with Gasteiger partial charge in [-0.15, -0.1) is 0 Å². The van der Waals surface area contributed by atoms with Gasteiger partial charge in [0.05, 0.1) is 16.7 Å². The Balaban J connectivity index is 1.09. The normalized spacial score (nSPS) is 14.6. The van der Waals surface area contributed by atoms with Gasteiger partial charge in [0.2, 0.25) is 0 Å². The summed E-state index contributed by atoms with van der Waals surface area (Å²) < 4.78 is 8.61. The number of nitrogens with one attached hydrogen (secondary N) is 1. The lowest BCUT2D eigenvalue weighted by atomic mass is 10.0. The molecule has 0 spiro atoms. The Morgan fingerprint density at radius 3 is 1.84 bits per heavy atom. The minimum Gasteiger partial charge on any atom is -0.456 e. The van der Waals surface area contributed by atoms with E-state index in [2.05, 4.69) is 131 Å². The number of hydrogen-bond acceptors (Lipinski definition) is 4. The lowest BCUT2D eigenvalue weighted by molar-refractivity contribution is 0.669. The van der Waals surface area contributed by atoms with Crippen molar-refractivity contribution >= 4 is 55.4 Å². The number of nitrogens with zero attached hydrogens (tertiary/aromatic N) is 3. The van der Waals surface area contributed by atoms with Gasteiger partial charge in [-0.1, -0.05) is 140 Å². The number of amidine groups is 2. The van der Waals surface area contributed by atoms with Crippen molar-refractivity contribution in [1.29, 1.82) is 0 Å². The van der Waals surface area contributed by atoms with Crippen molar-refractivity contribution in [2.24, 2.45) is 9.98 Å². The van der Waals surface area contributed by atoms with Crippen LogP contribution >= 0.6 is 0 Å². The first kappa shape index (κ1) is 28.3. The van der Waals surface area contributed by atoms with Gasteiger partial charge >= 0.3 is 0 Å². The predicted molar refractivity (Wildman–Crippen MR) is 205 cm³/mol. The Morgan fingerprint density at radius 1 is 0.460 bits per heavy atom. The number of aromatic nitrogens is 1. The fourth-order valence-electron chi connectivity index (χ4n) is 7.38. The summed E-state index contributed by atoms with van der Waals surface area (Å²) in [4.78, 5) is 10.4. The first-order valence-corrected chi connectivity index (χ1v) is 16.9. The van der Waals surface area contributed by atoms with Crippen LogP contribution in [-0.4, -0.2) is 16.2 Å². The zero-order valence-corrected chi connectivity index (χ0v) is 27.0. The first-order chi connectivity index (χ1) is 24.8. The zero-order chi connectivity index (χ0) is 33.0. The highest BCUT2D eigenvalue weighted by molar-refractivity contribution is 6.23.